The summed E-state index contributed by atoms with van der Waals surface area (Å²) in [5.74, 6) is -1.79. The first-order chi connectivity index (χ1) is 9.40. The minimum Gasteiger partial charge on any atom is -0.480 e. The van der Waals surface area contributed by atoms with Gasteiger partial charge in [0.25, 0.3) is 0 Å². The standard InChI is InChI=1S/C12H17N3O4S/c1-15(6-8-4-5-20-7-8)12(19)14-9(11(17)18)2-3-10(13)16/h4-5,7,9H,2-3,6H2,1H3,(H2,13,16)(H,14,19)(H,17,18)/t9-/m0/s1. The Morgan fingerprint density at radius 1 is 1.50 bits per heavy atom. The highest BCUT2D eigenvalue weighted by Crippen LogP contribution is 2.08. The van der Waals surface area contributed by atoms with Crippen LogP contribution in [0.2, 0.25) is 0 Å². The molecular formula is C12H17N3O4S. The maximum atomic E-state index is 11.9. The molecule has 1 aromatic heterocycles. The highest BCUT2D eigenvalue weighted by Gasteiger charge is 2.22. The number of nitrogens with one attached hydrogen (secondary N) is 1. The van der Waals surface area contributed by atoms with Crippen molar-refractivity contribution in [1.29, 1.82) is 0 Å². The van der Waals surface area contributed by atoms with E-state index in [0.29, 0.717) is 6.54 Å². The fourth-order valence-corrected chi connectivity index (χ4v) is 2.19. The van der Waals surface area contributed by atoms with Crippen molar-refractivity contribution in [1.82, 2.24) is 10.2 Å². The van der Waals surface area contributed by atoms with Crippen LogP contribution in [0, 0.1) is 0 Å². The molecule has 0 aliphatic carbocycles. The van der Waals surface area contributed by atoms with Gasteiger partial charge in [0, 0.05) is 20.0 Å². The van der Waals surface area contributed by atoms with Crippen LogP contribution in [-0.2, 0) is 16.1 Å². The number of hydrogen-bond acceptors (Lipinski definition) is 4. The van der Waals surface area contributed by atoms with Crippen molar-refractivity contribution < 1.29 is 19.5 Å². The number of carbonyl (C=O) groups is 3. The fraction of sp³-hybridized carbons (Fsp3) is 0.417. The maximum absolute atomic E-state index is 11.9. The van der Waals surface area contributed by atoms with Crippen molar-refractivity contribution in [2.75, 3.05) is 7.05 Å². The minimum absolute atomic E-state index is 0.0251. The van der Waals surface area contributed by atoms with Gasteiger partial charge in [-0.25, -0.2) is 9.59 Å². The van der Waals surface area contributed by atoms with E-state index in [9.17, 15) is 14.4 Å². The first-order valence-electron chi connectivity index (χ1n) is 5.94. The highest BCUT2D eigenvalue weighted by atomic mass is 32.1. The second kappa shape index (κ2) is 7.49. The van der Waals surface area contributed by atoms with Crippen molar-refractivity contribution in [3.8, 4) is 0 Å². The molecule has 0 saturated heterocycles. The van der Waals surface area contributed by atoms with Crippen LogP contribution in [0.3, 0.4) is 0 Å². The van der Waals surface area contributed by atoms with Crippen molar-refractivity contribution in [3.05, 3.63) is 22.4 Å². The molecule has 1 rings (SSSR count). The third-order valence-electron chi connectivity index (χ3n) is 2.62. The molecular weight excluding hydrogens is 282 g/mol. The average Bonchev–Trinajstić information content (AvgIpc) is 2.86. The van der Waals surface area contributed by atoms with E-state index in [-0.39, 0.29) is 12.8 Å². The number of urea groups is 1. The summed E-state index contributed by atoms with van der Waals surface area (Å²) in [7, 11) is 1.57. The summed E-state index contributed by atoms with van der Waals surface area (Å²) < 4.78 is 0. The molecule has 0 aliphatic rings. The Labute approximate surface area is 120 Å². The molecule has 0 radical (unpaired) electrons. The summed E-state index contributed by atoms with van der Waals surface area (Å²) in [5, 5.41) is 15.2. The quantitative estimate of drug-likeness (QED) is 0.684. The van der Waals surface area contributed by atoms with Crippen LogP contribution in [0.25, 0.3) is 0 Å². The van der Waals surface area contributed by atoms with Crippen LogP contribution in [0.5, 0.6) is 0 Å². The van der Waals surface area contributed by atoms with Gasteiger partial charge in [-0.15, -0.1) is 0 Å². The Bertz CT molecular complexity index is 475. The maximum Gasteiger partial charge on any atom is 0.326 e. The number of amides is 3. The number of rotatable bonds is 7. The van der Waals surface area contributed by atoms with E-state index in [1.165, 1.54) is 16.2 Å². The van der Waals surface area contributed by atoms with Gasteiger partial charge in [0.05, 0.1) is 0 Å². The zero-order valence-corrected chi connectivity index (χ0v) is 11.9. The van der Waals surface area contributed by atoms with Crippen molar-refractivity contribution in [2.45, 2.75) is 25.4 Å². The molecule has 1 aromatic rings. The van der Waals surface area contributed by atoms with Crippen LogP contribution in [0.4, 0.5) is 4.79 Å². The van der Waals surface area contributed by atoms with Gasteiger partial charge in [0.2, 0.25) is 5.91 Å². The molecule has 110 valence electrons. The molecule has 0 spiro atoms. The monoisotopic (exact) mass is 299 g/mol. The molecule has 0 bridgehead atoms. The summed E-state index contributed by atoms with van der Waals surface area (Å²) in [6.07, 6.45) is -0.117. The molecule has 1 heterocycles. The van der Waals surface area contributed by atoms with Gasteiger partial charge in [-0.2, -0.15) is 11.3 Å². The van der Waals surface area contributed by atoms with E-state index >= 15 is 0 Å². The van der Waals surface area contributed by atoms with Crippen LogP contribution in [-0.4, -0.2) is 41.0 Å². The van der Waals surface area contributed by atoms with Crippen molar-refractivity contribution >= 4 is 29.2 Å². The number of nitrogens with zero attached hydrogens (tertiary/aromatic N) is 1. The topological polar surface area (TPSA) is 113 Å². The number of thiophene rings is 1. The van der Waals surface area contributed by atoms with Gasteiger partial charge in [-0.3, -0.25) is 4.79 Å². The van der Waals surface area contributed by atoms with E-state index < -0.39 is 23.9 Å². The van der Waals surface area contributed by atoms with Crippen molar-refractivity contribution in [3.63, 3.8) is 0 Å². The Hall–Kier alpha value is -2.09. The second-order valence-corrected chi connectivity index (χ2v) is 5.11. The number of carboxylic acid groups (broad SMARTS) is 1. The van der Waals surface area contributed by atoms with Crippen LogP contribution >= 0.6 is 11.3 Å². The summed E-state index contributed by atoms with van der Waals surface area (Å²) in [6.45, 7) is 0.386. The lowest BCUT2D eigenvalue weighted by Crippen LogP contribution is -2.46. The van der Waals surface area contributed by atoms with E-state index in [1.54, 1.807) is 7.05 Å². The molecule has 7 nitrogen and oxygen atoms in total. The van der Waals surface area contributed by atoms with E-state index in [0.717, 1.165) is 5.56 Å². The Balaban J connectivity index is 2.52. The molecule has 8 heteroatoms. The lowest BCUT2D eigenvalue weighted by Gasteiger charge is -2.20. The average molecular weight is 299 g/mol. The van der Waals surface area contributed by atoms with Gasteiger partial charge in [0.15, 0.2) is 0 Å². The zero-order chi connectivity index (χ0) is 15.1. The highest BCUT2D eigenvalue weighted by molar-refractivity contribution is 7.07. The largest absolute Gasteiger partial charge is 0.480 e. The van der Waals surface area contributed by atoms with Gasteiger partial charge in [0.1, 0.15) is 6.04 Å². The Kier molecular flexibility index (Phi) is 5.98. The van der Waals surface area contributed by atoms with Crippen LogP contribution in [0.1, 0.15) is 18.4 Å². The third-order valence-corrected chi connectivity index (χ3v) is 3.35. The summed E-state index contributed by atoms with van der Waals surface area (Å²) in [4.78, 5) is 34.9. The second-order valence-electron chi connectivity index (χ2n) is 4.33. The van der Waals surface area contributed by atoms with Crippen LogP contribution < -0.4 is 11.1 Å². The molecule has 0 aromatic carbocycles. The van der Waals surface area contributed by atoms with Gasteiger partial charge >= 0.3 is 12.0 Å². The minimum atomic E-state index is -1.19. The normalized spacial score (nSPS) is 11.7. The Morgan fingerprint density at radius 3 is 2.70 bits per heavy atom. The molecule has 3 amide bonds. The molecule has 0 fully saturated rings. The third kappa shape index (κ3) is 5.27. The zero-order valence-electron chi connectivity index (χ0n) is 11.0. The van der Waals surface area contributed by atoms with Gasteiger partial charge < -0.3 is 21.1 Å². The van der Waals surface area contributed by atoms with E-state index in [2.05, 4.69) is 5.32 Å². The smallest absolute Gasteiger partial charge is 0.326 e. The molecule has 1 atom stereocenters. The lowest BCUT2D eigenvalue weighted by atomic mass is 10.1. The van der Waals surface area contributed by atoms with Crippen LogP contribution in [0.15, 0.2) is 16.8 Å². The number of primary amides is 1. The van der Waals surface area contributed by atoms with Gasteiger partial charge in [-0.05, 0) is 28.8 Å². The molecule has 0 aliphatic heterocycles. The Morgan fingerprint density at radius 2 is 2.20 bits per heavy atom. The first-order valence-corrected chi connectivity index (χ1v) is 6.88. The number of carbonyl (C=O) groups excluding carboxylic acids is 2. The molecule has 4 N–H and O–H groups in total. The summed E-state index contributed by atoms with van der Waals surface area (Å²) in [6, 6.07) is 0.254. The number of hydrogen-bond donors (Lipinski definition) is 3. The number of carboxylic acids is 1. The summed E-state index contributed by atoms with van der Waals surface area (Å²) in [5.41, 5.74) is 5.94. The predicted octanol–water partition coefficient (Wildman–Crippen LogP) is 0.608. The fourth-order valence-electron chi connectivity index (χ4n) is 1.53. The first kappa shape index (κ1) is 16.0. The molecule has 0 saturated carbocycles. The van der Waals surface area contributed by atoms with E-state index in [4.69, 9.17) is 10.8 Å². The SMILES string of the molecule is CN(Cc1ccsc1)C(=O)N[C@@H](CCC(N)=O)C(=O)O. The molecule has 0 unspecified atom stereocenters. The summed E-state index contributed by atoms with van der Waals surface area (Å²) >= 11 is 1.52. The van der Waals surface area contributed by atoms with Crippen molar-refractivity contribution in [2.24, 2.45) is 5.73 Å². The number of aliphatic carboxylic acids is 1. The predicted molar refractivity (Wildman–Crippen MR) is 74.2 cm³/mol. The van der Waals surface area contributed by atoms with Gasteiger partial charge in [-0.1, -0.05) is 0 Å². The lowest BCUT2D eigenvalue weighted by molar-refractivity contribution is -0.139. The van der Waals surface area contributed by atoms with E-state index in [1.807, 2.05) is 16.8 Å². The number of nitrogens with two attached hydrogens (primary N) is 1. The molecule has 20 heavy (non-hydrogen) atoms.